The predicted octanol–water partition coefficient (Wildman–Crippen LogP) is 3.60. The van der Waals surface area contributed by atoms with Crippen LogP contribution in [0.15, 0.2) is 46.3 Å². The lowest BCUT2D eigenvalue weighted by atomic mass is 10.2. The zero-order chi connectivity index (χ0) is 14.4. The van der Waals surface area contributed by atoms with E-state index in [4.69, 9.17) is 4.74 Å². The van der Waals surface area contributed by atoms with Crippen LogP contribution in [-0.2, 0) is 0 Å². The van der Waals surface area contributed by atoms with Crippen molar-refractivity contribution in [1.29, 1.82) is 0 Å². The van der Waals surface area contributed by atoms with Crippen LogP contribution in [0.2, 0.25) is 0 Å². The minimum atomic E-state index is -0.537. The number of rotatable bonds is 7. The molecule has 108 valence electrons. The summed E-state index contributed by atoms with van der Waals surface area (Å²) in [6.07, 6.45) is -0.537. The van der Waals surface area contributed by atoms with Crippen molar-refractivity contribution < 1.29 is 9.84 Å². The van der Waals surface area contributed by atoms with Gasteiger partial charge < -0.3 is 15.2 Å². The lowest BCUT2D eigenvalue weighted by Gasteiger charge is -2.17. The summed E-state index contributed by atoms with van der Waals surface area (Å²) in [5, 5.41) is 15.3. The Hall–Kier alpha value is -0.880. The summed E-state index contributed by atoms with van der Waals surface area (Å²) in [5.41, 5.74) is 0. The van der Waals surface area contributed by atoms with Crippen LogP contribution >= 0.6 is 27.3 Å². The van der Waals surface area contributed by atoms with Gasteiger partial charge in [-0.2, -0.15) is 0 Å². The van der Waals surface area contributed by atoms with Crippen LogP contribution < -0.4 is 10.1 Å². The average molecular weight is 356 g/mol. The Bertz CT molecular complexity index is 518. The average Bonchev–Trinajstić information content (AvgIpc) is 2.98. The van der Waals surface area contributed by atoms with E-state index >= 15 is 0 Å². The van der Waals surface area contributed by atoms with E-state index in [-0.39, 0.29) is 12.6 Å². The number of para-hydroxylation sites is 1. The Balaban J connectivity index is 1.73. The van der Waals surface area contributed by atoms with Gasteiger partial charge in [0, 0.05) is 17.5 Å². The molecule has 2 rings (SSSR count). The zero-order valence-electron chi connectivity index (χ0n) is 11.3. The summed E-state index contributed by atoms with van der Waals surface area (Å²) in [6.45, 7) is 2.86. The molecule has 0 saturated carbocycles. The second kappa shape index (κ2) is 7.78. The van der Waals surface area contributed by atoms with Crippen molar-refractivity contribution >= 4 is 27.3 Å². The number of aliphatic hydroxyl groups is 1. The molecular formula is C15H18BrNO2S. The highest BCUT2D eigenvalue weighted by molar-refractivity contribution is 9.10. The molecule has 5 heteroatoms. The number of nitrogens with one attached hydrogen (secondary N) is 1. The molecule has 0 bridgehead atoms. The van der Waals surface area contributed by atoms with E-state index in [1.165, 1.54) is 4.88 Å². The van der Waals surface area contributed by atoms with Crippen molar-refractivity contribution in [2.24, 2.45) is 0 Å². The number of hydrogen-bond donors (Lipinski definition) is 2. The fourth-order valence-electron chi connectivity index (χ4n) is 1.76. The van der Waals surface area contributed by atoms with Crippen molar-refractivity contribution in [3.63, 3.8) is 0 Å². The second-order valence-electron chi connectivity index (χ2n) is 4.54. The van der Waals surface area contributed by atoms with Gasteiger partial charge in [-0.05, 0) is 46.4 Å². The molecule has 20 heavy (non-hydrogen) atoms. The van der Waals surface area contributed by atoms with Crippen LogP contribution in [0.1, 0.15) is 17.8 Å². The van der Waals surface area contributed by atoms with Gasteiger partial charge in [-0.25, -0.2) is 0 Å². The van der Waals surface area contributed by atoms with Gasteiger partial charge in [0.05, 0.1) is 4.47 Å². The van der Waals surface area contributed by atoms with E-state index in [9.17, 15) is 5.11 Å². The zero-order valence-corrected chi connectivity index (χ0v) is 13.7. The van der Waals surface area contributed by atoms with E-state index < -0.39 is 6.10 Å². The molecule has 0 saturated heterocycles. The van der Waals surface area contributed by atoms with Crippen LogP contribution in [0.5, 0.6) is 5.75 Å². The molecule has 1 aromatic heterocycles. The number of benzene rings is 1. The number of ether oxygens (including phenoxy) is 1. The van der Waals surface area contributed by atoms with Gasteiger partial charge in [0.25, 0.3) is 0 Å². The van der Waals surface area contributed by atoms with E-state index in [1.807, 2.05) is 30.3 Å². The molecule has 0 radical (unpaired) electrons. The van der Waals surface area contributed by atoms with E-state index in [0.29, 0.717) is 6.54 Å². The monoisotopic (exact) mass is 355 g/mol. The molecular weight excluding hydrogens is 338 g/mol. The largest absolute Gasteiger partial charge is 0.490 e. The Morgan fingerprint density at radius 1 is 1.30 bits per heavy atom. The van der Waals surface area contributed by atoms with E-state index in [1.54, 1.807) is 11.3 Å². The van der Waals surface area contributed by atoms with Crippen LogP contribution in [0.25, 0.3) is 0 Å². The molecule has 0 fully saturated rings. The summed E-state index contributed by atoms with van der Waals surface area (Å²) in [6, 6.07) is 12.0. The lowest BCUT2D eigenvalue weighted by molar-refractivity contribution is 0.104. The van der Waals surface area contributed by atoms with Crippen molar-refractivity contribution in [1.82, 2.24) is 5.32 Å². The van der Waals surface area contributed by atoms with Crippen molar-refractivity contribution in [2.45, 2.75) is 19.1 Å². The van der Waals surface area contributed by atoms with Gasteiger partial charge in [0.2, 0.25) is 0 Å². The maximum Gasteiger partial charge on any atom is 0.133 e. The van der Waals surface area contributed by atoms with Crippen LogP contribution in [-0.4, -0.2) is 24.4 Å². The number of hydrogen-bond acceptors (Lipinski definition) is 4. The normalized spacial score (nSPS) is 13.9. The molecule has 0 aliphatic rings. The first-order chi connectivity index (χ1) is 9.66. The van der Waals surface area contributed by atoms with Gasteiger partial charge in [-0.1, -0.05) is 18.2 Å². The molecule has 2 unspecified atom stereocenters. The van der Waals surface area contributed by atoms with Crippen molar-refractivity contribution in [2.75, 3.05) is 13.2 Å². The Kier molecular flexibility index (Phi) is 6.04. The minimum absolute atomic E-state index is 0.244. The quantitative estimate of drug-likeness (QED) is 0.797. The van der Waals surface area contributed by atoms with Gasteiger partial charge >= 0.3 is 0 Å². The molecule has 0 amide bonds. The van der Waals surface area contributed by atoms with Crippen LogP contribution in [0.4, 0.5) is 0 Å². The minimum Gasteiger partial charge on any atom is -0.490 e. The summed E-state index contributed by atoms with van der Waals surface area (Å²) < 4.78 is 6.48. The lowest BCUT2D eigenvalue weighted by Crippen LogP contribution is -2.32. The highest BCUT2D eigenvalue weighted by Gasteiger charge is 2.10. The molecule has 1 heterocycles. The Morgan fingerprint density at radius 3 is 2.80 bits per heavy atom. The maximum atomic E-state index is 9.95. The first-order valence-electron chi connectivity index (χ1n) is 6.49. The van der Waals surface area contributed by atoms with Gasteiger partial charge in [-0.3, -0.25) is 0 Å². The molecule has 2 N–H and O–H groups in total. The summed E-state index contributed by atoms with van der Waals surface area (Å²) >= 11 is 5.13. The van der Waals surface area contributed by atoms with Gasteiger partial charge in [-0.15, -0.1) is 11.3 Å². The Morgan fingerprint density at radius 2 is 2.10 bits per heavy atom. The molecule has 0 spiro atoms. The smallest absolute Gasteiger partial charge is 0.133 e. The van der Waals surface area contributed by atoms with Gasteiger partial charge in [0.15, 0.2) is 0 Å². The first kappa shape index (κ1) is 15.5. The van der Waals surface area contributed by atoms with Crippen LogP contribution in [0, 0.1) is 0 Å². The fraction of sp³-hybridized carbons (Fsp3) is 0.333. The van der Waals surface area contributed by atoms with Crippen molar-refractivity contribution in [3.8, 4) is 5.75 Å². The highest BCUT2D eigenvalue weighted by atomic mass is 79.9. The molecule has 2 atom stereocenters. The third-order valence-electron chi connectivity index (χ3n) is 2.90. The fourth-order valence-corrected chi connectivity index (χ4v) is 2.92. The number of aliphatic hydroxyl groups excluding tert-OH is 1. The highest BCUT2D eigenvalue weighted by Crippen LogP contribution is 2.23. The summed E-state index contributed by atoms with van der Waals surface area (Å²) in [5.74, 6) is 0.748. The first-order valence-corrected chi connectivity index (χ1v) is 8.16. The second-order valence-corrected chi connectivity index (χ2v) is 6.37. The van der Waals surface area contributed by atoms with Crippen molar-refractivity contribution in [3.05, 3.63) is 51.1 Å². The molecule has 0 aliphatic carbocycles. The predicted molar refractivity (Wildman–Crippen MR) is 86.4 cm³/mol. The molecule has 3 nitrogen and oxygen atoms in total. The molecule has 1 aromatic carbocycles. The van der Waals surface area contributed by atoms with Gasteiger partial charge in [0.1, 0.15) is 18.5 Å². The van der Waals surface area contributed by atoms with Crippen LogP contribution in [0.3, 0.4) is 0 Å². The molecule has 2 aromatic rings. The Labute approximate surface area is 131 Å². The number of halogens is 1. The third-order valence-corrected chi connectivity index (χ3v) is 4.61. The third kappa shape index (κ3) is 4.59. The standard InChI is InChI=1S/C15H18BrNO2S/c1-11(15-7-4-8-20-15)17-9-12(18)10-19-14-6-3-2-5-13(14)16/h2-8,11-12,17-18H,9-10H2,1H3. The number of thiophene rings is 1. The van der Waals surface area contributed by atoms with E-state index in [0.717, 1.165) is 10.2 Å². The molecule has 0 aliphatic heterocycles. The maximum absolute atomic E-state index is 9.95. The van der Waals surface area contributed by atoms with E-state index in [2.05, 4.69) is 39.6 Å². The topological polar surface area (TPSA) is 41.5 Å². The summed E-state index contributed by atoms with van der Waals surface area (Å²) in [4.78, 5) is 1.27. The SMILES string of the molecule is CC(NCC(O)COc1ccccc1Br)c1cccs1. The summed E-state index contributed by atoms with van der Waals surface area (Å²) in [7, 11) is 0.